The largest absolute Gasteiger partial charge is 0.464 e. The number of likely N-dealkylation sites (tertiary alicyclic amines) is 1. The topological polar surface area (TPSA) is 114 Å². The molecule has 210 valence electrons. The quantitative estimate of drug-likeness (QED) is 0.189. The summed E-state index contributed by atoms with van der Waals surface area (Å²) < 4.78 is 10.5. The van der Waals surface area contributed by atoms with Crippen molar-refractivity contribution < 1.29 is 28.7 Å². The van der Waals surface area contributed by atoms with E-state index in [0.717, 1.165) is 19.3 Å². The van der Waals surface area contributed by atoms with Crippen LogP contribution < -0.4 is 10.6 Å². The lowest BCUT2D eigenvalue weighted by Crippen LogP contribution is -2.56. The van der Waals surface area contributed by atoms with E-state index in [1.807, 2.05) is 13.0 Å². The Hall–Kier alpha value is -2.84. The van der Waals surface area contributed by atoms with Gasteiger partial charge in [-0.3, -0.25) is 9.59 Å². The molecule has 0 aromatic carbocycles. The Labute approximate surface area is 222 Å². The van der Waals surface area contributed by atoms with Crippen molar-refractivity contribution in [3.05, 3.63) is 25.3 Å². The number of nitrogens with one attached hydrogen (secondary N) is 2. The van der Waals surface area contributed by atoms with Crippen LogP contribution in [0.15, 0.2) is 25.3 Å². The summed E-state index contributed by atoms with van der Waals surface area (Å²) in [6.45, 7) is 16.9. The molecular formula is C28H47N3O6. The zero-order valence-corrected chi connectivity index (χ0v) is 23.3. The van der Waals surface area contributed by atoms with E-state index in [1.54, 1.807) is 33.8 Å². The summed E-state index contributed by atoms with van der Waals surface area (Å²) in [6, 6.07) is -2.37. The maximum absolute atomic E-state index is 13.6. The molecule has 0 bridgehead atoms. The molecule has 0 unspecified atom stereocenters. The maximum atomic E-state index is 13.6. The first-order chi connectivity index (χ1) is 17.4. The standard InChI is InChI=1S/C28H47N3O6/c1-8-11-13-15-17-22(26(34)36-10-3)29-24(32)23-20(4)18-19-31(23)25(33)21(16-14-12-9-2)30-27(35)37-28(5,6)7/h8-9,20-23H,1-2,10-19H2,3-7H3,(H,29,32)(H,30,35)/t20-,21-,22-,23-/m0/s1. The van der Waals surface area contributed by atoms with Crippen LogP contribution >= 0.6 is 0 Å². The first-order valence-corrected chi connectivity index (χ1v) is 13.4. The molecule has 0 aliphatic carbocycles. The predicted molar refractivity (Wildman–Crippen MR) is 144 cm³/mol. The van der Waals surface area contributed by atoms with Gasteiger partial charge in [0.25, 0.3) is 0 Å². The lowest BCUT2D eigenvalue weighted by molar-refractivity contribution is -0.149. The molecule has 9 heteroatoms. The van der Waals surface area contributed by atoms with Gasteiger partial charge >= 0.3 is 12.1 Å². The van der Waals surface area contributed by atoms with Crippen molar-refractivity contribution in [2.24, 2.45) is 5.92 Å². The number of nitrogens with zero attached hydrogens (tertiary/aromatic N) is 1. The van der Waals surface area contributed by atoms with E-state index < -0.39 is 35.8 Å². The van der Waals surface area contributed by atoms with E-state index in [4.69, 9.17) is 9.47 Å². The fourth-order valence-corrected chi connectivity index (χ4v) is 4.35. The second kappa shape index (κ2) is 16.1. The van der Waals surface area contributed by atoms with E-state index in [9.17, 15) is 19.2 Å². The second-order valence-electron chi connectivity index (χ2n) is 10.5. The van der Waals surface area contributed by atoms with E-state index in [-0.39, 0.29) is 24.3 Å². The molecule has 0 saturated carbocycles. The van der Waals surface area contributed by atoms with Crippen LogP contribution in [0.3, 0.4) is 0 Å². The zero-order chi connectivity index (χ0) is 28.0. The summed E-state index contributed by atoms with van der Waals surface area (Å²) in [6.07, 6.45) is 8.09. The summed E-state index contributed by atoms with van der Waals surface area (Å²) in [5, 5.41) is 5.54. The first kappa shape index (κ1) is 32.2. The number of hydrogen-bond acceptors (Lipinski definition) is 6. The number of unbranched alkanes of at least 4 members (excludes halogenated alkanes) is 3. The number of esters is 1. The Bertz CT molecular complexity index is 791. The van der Waals surface area contributed by atoms with E-state index >= 15 is 0 Å². The van der Waals surface area contributed by atoms with Crippen LogP contribution in [0.2, 0.25) is 0 Å². The van der Waals surface area contributed by atoms with Gasteiger partial charge in [0.05, 0.1) is 6.61 Å². The van der Waals surface area contributed by atoms with Gasteiger partial charge in [-0.1, -0.05) is 25.5 Å². The SMILES string of the molecule is C=CCCCC[C@H](NC(=O)[C@@H]1[C@@H](C)CCN1C(=O)[C@H](CCCC=C)NC(=O)OC(C)(C)C)C(=O)OCC. The fraction of sp³-hybridized carbons (Fsp3) is 0.714. The Morgan fingerprint density at radius 2 is 1.62 bits per heavy atom. The lowest BCUT2D eigenvalue weighted by atomic mass is 10.00. The third-order valence-corrected chi connectivity index (χ3v) is 6.18. The van der Waals surface area contributed by atoms with Crippen molar-refractivity contribution in [2.75, 3.05) is 13.2 Å². The monoisotopic (exact) mass is 521 g/mol. The summed E-state index contributed by atoms with van der Waals surface area (Å²) in [4.78, 5) is 53.6. The average Bonchev–Trinajstić information content (AvgIpc) is 3.20. The summed E-state index contributed by atoms with van der Waals surface area (Å²) >= 11 is 0. The minimum absolute atomic E-state index is 0.108. The number of allylic oxidation sites excluding steroid dienone is 2. The van der Waals surface area contributed by atoms with E-state index in [0.29, 0.717) is 38.6 Å². The number of hydrogen-bond donors (Lipinski definition) is 2. The molecular weight excluding hydrogens is 474 g/mol. The van der Waals surface area contributed by atoms with Gasteiger partial charge in [0, 0.05) is 6.54 Å². The Balaban J connectivity index is 3.03. The third-order valence-electron chi connectivity index (χ3n) is 6.18. The predicted octanol–water partition coefficient (Wildman–Crippen LogP) is 4.27. The first-order valence-electron chi connectivity index (χ1n) is 13.4. The van der Waals surface area contributed by atoms with Gasteiger partial charge in [-0.05, 0) is 78.6 Å². The Morgan fingerprint density at radius 1 is 1.00 bits per heavy atom. The minimum Gasteiger partial charge on any atom is -0.464 e. The fourth-order valence-electron chi connectivity index (χ4n) is 4.35. The maximum Gasteiger partial charge on any atom is 0.408 e. The van der Waals surface area contributed by atoms with Crippen molar-refractivity contribution in [3.8, 4) is 0 Å². The molecule has 1 aliphatic heterocycles. The van der Waals surface area contributed by atoms with E-state index in [1.165, 1.54) is 4.90 Å². The van der Waals surface area contributed by atoms with Crippen molar-refractivity contribution in [3.63, 3.8) is 0 Å². The van der Waals surface area contributed by atoms with Crippen LogP contribution in [0.25, 0.3) is 0 Å². The molecule has 1 saturated heterocycles. The van der Waals surface area contributed by atoms with Crippen LogP contribution in [0.1, 0.15) is 86.0 Å². The normalized spacial score (nSPS) is 18.9. The number of ether oxygens (including phenoxy) is 2. The molecule has 0 aromatic rings. The second-order valence-corrected chi connectivity index (χ2v) is 10.5. The molecule has 4 atom stereocenters. The van der Waals surface area contributed by atoms with Crippen molar-refractivity contribution >= 4 is 23.9 Å². The van der Waals surface area contributed by atoms with Crippen molar-refractivity contribution in [1.29, 1.82) is 0 Å². The van der Waals surface area contributed by atoms with Crippen LogP contribution in [-0.4, -0.2) is 65.7 Å². The number of carbonyl (C=O) groups is 4. The molecule has 1 fully saturated rings. The van der Waals surface area contributed by atoms with Gasteiger partial charge in [0.2, 0.25) is 11.8 Å². The van der Waals surface area contributed by atoms with Crippen LogP contribution in [0.5, 0.6) is 0 Å². The molecule has 1 aliphatic rings. The smallest absolute Gasteiger partial charge is 0.408 e. The highest BCUT2D eigenvalue weighted by Crippen LogP contribution is 2.26. The highest BCUT2D eigenvalue weighted by molar-refractivity contribution is 5.93. The molecule has 2 N–H and O–H groups in total. The lowest BCUT2D eigenvalue weighted by Gasteiger charge is -2.31. The van der Waals surface area contributed by atoms with Gasteiger partial charge in [0.15, 0.2) is 0 Å². The molecule has 37 heavy (non-hydrogen) atoms. The van der Waals surface area contributed by atoms with E-state index in [2.05, 4.69) is 23.8 Å². The van der Waals surface area contributed by atoms with Crippen molar-refractivity contribution in [2.45, 2.75) is 110 Å². The summed E-state index contributed by atoms with van der Waals surface area (Å²) in [7, 11) is 0. The van der Waals surface area contributed by atoms with Crippen molar-refractivity contribution in [1.82, 2.24) is 15.5 Å². The minimum atomic E-state index is -0.838. The number of alkyl carbamates (subject to hydrolysis) is 1. The number of carbonyl (C=O) groups excluding carboxylic acids is 4. The van der Waals surface area contributed by atoms with Crippen LogP contribution in [0.4, 0.5) is 4.79 Å². The number of rotatable bonds is 15. The highest BCUT2D eigenvalue weighted by atomic mass is 16.6. The molecule has 1 rings (SSSR count). The molecule has 0 spiro atoms. The number of amides is 3. The third kappa shape index (κ3) is 11.4. The molecule has 0 radical (unpaired) electrons. The van der Waals surface area contributed by atoms with Gasteiger partial charge in [-0.2, -0.15) is 0 Å². The summed E-state index contributed by atoms with van der Waals surface area (Å²) in [5.74, 6) is -1.31. The van der Waals surface area contributed by atoms with Crippen LogP contribution in [0, 0.1) is 5.92 Å². The summed E-state index contributed by atoms with van der Waals surface area (Å²) in [5.41, 5.74) is -0.711. The van der Waals surface area contributed by atoms with Gasteiger partial charge in [-0.15, -0.1) is 13.2 Å². The molecule has 1 heterocycles. The zero-order valence-electron chi connectivity index (χ0n) is 23.3. The van der Waals surface area contributed by atoms with Crippen LogP contribution in [-0.2, 0) is 23.9 Å². The Morgan fingerprint density at radius 3 is 2.22 bits per heavy atom. The average molecular weight is 522 g/mol. The van der Waals surface area contributed by atoms with Gasteiger partial charge < -0.3 is 25.0 Å². The molecule has 0 aromatic heterocycles. The van der Waals surface area contributed by atoms with Gasteiger partial charge in [0.1, 0.15) is 23.7 Å². The Kier molecular flexibility index (Phi) is 14.0. The highest BCUT2D eigenvalue weighted by Gasteiger charge is 2.43. The molecule has 9 nitrogen and oxygen atoms in total. The molecule has 3 amide bonds. The van der Waals surface area contributed by atoms with Gasteiger partial charge in [-0.25, -0.2) is 9.59 Å².